The minimum absolute atomic E-state index is 0.311. The van der Waals surface area contributed by atoms with Crippen LogP contribution in [0.2, 0.25) is 0 Å². The van der Waals surface area contributed by atoms with E-state index in [4.69, 9.17) is 14.5 Å². The molecule has 34 heavy (non-hydrogen) atoms. The molecule has 4 aromatic rings. The Hall–Kier alpha value is -3.12. The van der Waals surface area contributed by atoms with Crippen molar-refractivity contribution in [2.75, 3.05) is 20.8 Å². The number of carbonyl (C=O) groups is 1. The second-order valence-electron chi connectivity index (χ2n) is 10.0. The van der Waals surface area contributed by atoms with Crippen molar-refractivity contribution >= 4 is 27.9 Å². The van der Waals surface area contributed by atoms with Crippen molar-refractivity contribution in [3.8, 4) is 11.4 Å². The van der Waals surface area contributed by atoms with Crippen LogP contribution in [0.4, 0.5) is 0 Å². The van der Waals surface area contributed by atoms with Crippen LogP contribution in [0.3, 0.4) is 0 Å². The zero-order valence-electron chi connectivity index (χ0n) is 20.8. The topological polar surface area (TPSA) is 58.3 Å². The SMILES string of the molecule is CCn1c2c(c3cc(-c4nc5cc(C(=O)OC)ccc5n4CCOC)ccc31)CC(C)(C)CC2. The van der Waals surface area contributed by atoms with Crippen molar-refractivity contribution in [2.45, 2.75) is 53.1 Å². The van der Waals surface area contributed by atoms with Crippen LogP contribution >= 0.6 is 0 Å². The Labute approximate surface area is 200 Å². The van der Waals surface area contributed by atoms with E-state index in [1.54, 1.807) is 13.2 Å². The number of esters is 1. The Morgan fingerprint density at radius 3 is 2.62 bits per heavy atom. The Balaban J connectivity index is 1.70. The molecule has 2 heterocycles. The van der Waals surface area contributed by atoms with E-state index >= 15 is 0 Å². The summed E-state index contributed by atoms with van der Waals surface area (Å²) < 4.78 is 15.0. The lowest BCUT2D eigenvalue weighted by atomic mass is 9.76. The van der Waals surface area contributed by atoms with Gasteiger partial charge < -0.3 is 18.6 Å². The smallest absolute Gasteiger partial charge is 0.337 e. The van der Waals surface area contributed by atoms with Gasteiger partial charge in [-0.15, -0.1) is 0 Å². The van der Waals surface area contributed by atoms with Gasteiger partial charge in [0.1, 0.15) is 5.82 Å². The fraction of sp³-hybridized carbons (Fsp3) is 0.429. The molecule has 0 saturated heterocycles. The molecule has 2 aromatic carbocycles. The molecule has 178 valence electrons. The van der Waals surface area contributed by atoms with E-state index in [2.05, 4.69) is 48.1 Å². The maximum absolute atomic E-state index is 12.1. The van der Waals surface area contributed by atoms with Crippen molar-refractivity contribution in [3.05, 3.63) is 53.2 Å². The van der Waals surface area contributed by atoms with E-state index in [-0.39, 0.29) is 5.97 Å². The standard InChI is InChI=1S/C28H33N3O3/c1-6-30-23-9-7-18(15-20(23)21-17-28(2,3)12-11-24(21)30)26-29-22-16-19(27(32)34-5)8-10-25(22)31(26)13-14-33-4/h7-10,15-16H,6,11-14,17H2,1-5H3. The first kappa shape index (κ1) is 22.7. The summed E-state index contributed by atoms with van der Waals surface area (Å²) in [5.74, 6) is 0.537. The van der Waals surface area contributed by atoms with Crippen molar-refractivity contribution in [2.24, 2.45) is 5.41 Å². The van der Waals surface area contributed by atoms with E-state index in [1.807, 2.05) is 12.1 Å². The van der Waals surface area contributed by atoms with Crippen molar-refractivity contribution in [1.82, 2.24) is 14.1 Å². The van der Waals surface area contributed by atoms with Gasteiger partial charge in [0, 0.05) is 42.4 Å². The second-order valence-corrected chi connectivity index (χ2v) is 10.0. The molecule has 5 rings (SSSR count). The minimum Gasteiger partial charge on any atom is -0.465 e. The van der Waals surface area contributed by atoms with Gasteiger partial charge >= 0.3 is 5.97 Å². The van der Waals surface area contributed by atoms with Crippen LogP contribution in [0.15, 0.2) is 36.4 Å². The maximum atomic E-state index is 12.1. The summed E-state index contributed by atoms with van der Waals surface area (Å²) in [5, 5.41) is 1.34. The van der Waals surface area contributed by atoms with Crippen molar-refractivity contribution < 1.29 is 14.3 Å². The lowest BCUT2D eigenvalue weighted by Gasteiger charge is -2.30. The third-order valence-corrected chi connectivity index (χ3v) is 7.24. The number of aryl methyl sites for hydroxylation is 1. The minimum atomic E-state index is -0.355. The van der Waals surface area contributed by atoms with Gasteiger partial charge in [0.15, 0.2) is 0 Å². The number of benzene rings is 2. The Bertz CT molecular complexity index is 1390. The molecule has 0 N–H and O–H groups in total. The van der Waals surface area contributed by atoms with E-state index in [1.165, 1.54) is 35.7 Å². The monoisotopic (exact) mass is 459 g/mol. The fourth-order valence-electron chi connectivity index (χ4n) is 5.49. The summed E-state index contributed by atoms with van der Waals surface area (Å²) >= 11 is 0. The molecule has 0 unspecified atom stereocenters. The highest BCUT2D eigenvalue weighted by Crippen LogP contribution is 2.41. The van der Waals surface area contributed by atoms with Gasteiger partial charge in [0.25, 0.3) is 0 Å². The van der Waals surface area contributed by atoms with E-state index in [0.717, 1.165) is 41.8 Å². The molecule has 0 fully saturated rings. The van der Waals surface area contributed by atoms with Gasteiger partial charge in [0.05, 0.1) is 30.3 Å². The largest absolute Gasteiger partial charge is 0.465 e. The number of carbonyl (C=O) groups excluding carboxylic acids is 1. The molecular formula is C28H33N3O3. The van der Waals surface area contributed by atoms with Crippen LogP contribution in [0, 0.1) is 5.41 Å². The van der Waals surface area contributed by atoms with E-state index < -0.39 is 0 Å². The number of ether oxygens (including phenoxy) is 2. The molecule has 0 aliphatic heterocycles. The number of nitrogens with zero attached hydrogens (tertiary/aromatic N) is 3. The van der Waals surface area contributed by atoms with Crippen LogP contribution in [0.1, 0.15) is 48.8 Å². The molecule has 1 aliphatic rings. The second kappa shape index (κ2) is 8.58. The molecule has 0 saturated carbocycles. The third kappa shape index (κ3) is 3.70. The van der Waals surface area contributed by atoms with Gasteiger partial charge in [-0.2, -0.15) is 0 Å². The summed E-state index contributed by atoms with van der Waals surface area (Å²) in [7, 11) is 3.11. The number of methoxy groups -OCH3 is 2. The summed E-state index contributed by atoms with van der Waals surface area (Å²) in [6.45, 7) is 9.22. The zero-order valence-corrected chi connectivity index (χ0v) is 20.8. The summed E-state index contributed by atoms with van der Waals surface area (Å²) in [6.07, 6.45) is 3.44. The van der Waals surface area contributed by atoms with Crippen LogP contribution < -0.4 is 0 Å². The molecule has 1 aliphatic carbocycles. The first-order valence-corrected chi connectivity index (χ1v) is 12.1. The summed E-state index contributed by atoms with van der Waals surface area (Å²) in [6, 6.07) is 12.3. The zero-order chi connectivity index (χ0) is 24.0. The quantitative estimate of drug-likeness (QED) is 0.351. The molecule has 0 atom stereocenters. The number of rotatable bonds is 6. The van der Waals surface area contributed by atoms with Crippen LogP contribution in [0.5, 0.6) is 0 Å². The fourth-order valence-corrected chi connectivity index (χ4v) is 5.49. The van der Waals surface area contributed by atoms with Crippen LogP contribution in [0.25, 0.3) is 33.3 Å². The lowest BCUT2D eigenvalue weighted by molar-refractivity contribution is 0.0601. The summed E-state index contributed by atoms with van der Waals surface area (Å²) in [5.41, 5.74) is 7.95. The Morgan fingerprint density at radius 2 is 1.88 bits per heavy atom. The lowest BCUT2D eigenvalue weighted by Crippen LogP contribution is -2.22. The predicted molar refractivity (Wildman–Crippen MR) is 135 cm³/mol. The molecule has 0 bridgehead atoms. The first-order valence-electron chi connectivity index (χ1n) is 12.1. The number of imidazole rings is 1. The third-order valence-electron chi connectivity index (χ3n) is 7.24. The highest BCUT2D eigenvalue weighted by atomic mass is 16.5. The highest BCUT2D eigenvalue weighted by Gasteiger charge is 2.30. The average Bonchev–Trinajstić information content (AvgIpc) is 3.35. The molecule has 6 heteroatoms. The van der Waals surface area contributed by atoms with Gasteiger partial charge in [-0.3, -0.25) is 0 Å². The predicted octanol–water partition coefficient (Wildman–Crippen LogP) is 5.63. The van der Waals surface area contributed by atoms with Crippen molar-refractivity contribution in [3.63, 3.8) is 0 Å². The normalized spacial score (nSPS) is 15.1. The first-order chi connectivity index (χ1) is 16.4. The van der Waals surface area contributed by atoms with Gasteiger partial charge in [-0.25, -0.2) is 9.78 Å². The molecule has 6 nitrogen and oxygen atoms in total. The number of hydrogen-bond acceptors (Lipinski definition) is 4. The molecule has 0 amide bonds. The van der Waals surface area contributed by atoms with Crippen molar-refractivity contribution in [1.29, 1.82) is 0 Å². The number of aromatic nitrogens is 3. The Morgan fingerprint density at radius 1 is 1.09 bits per heavy atom. The van der Waals surface area contributed by atoms with Gasteiger partial charge in [-0.05, 0) is 73.6 Å². The highest BCUT2D eigenvalue weighted by molar-refractivity contribution is 5.95. The Kier molecular flexibility index (Phi) is 5.72. The van der Waals surface area contributed by atoms with Gasteiger partial charge in [0.2, 0.25) is 0 Å². The van der Waals surface area contributed by atoms with Crippen LogP contribution in [-0.4, -0.2) is 40.9 Å². The molecule has 0 radical (unpaired) electrons. The number of hydrogen-bond donors (Lipinski definition) is 0. The molecule has 2 aromatic heterocycles. The van der Waals surface area contributed by atoms with E-state index in [9.17, 15) is 4.79 Å². The maximum Gasteiger partial charge on any atom is 0.337 e. The molecular weight excluding hydrogens is 426 g/mol. The summed E-state index contributed by atoms with van der Waals surface area (Å²) in [4.78, 5) is 17.1. The number of fused-ring (bicyclic) bond motifs is 4. The average molecular weight is 460 g/mol. The van der Waals surface area contributed by atoms with E-state index in [0.29, 0.717) is 24.1 Å². The molecule has 0 spiro atoms. The van der Waals surface area contributed by atoms with Crippen LogP contribution in [-0.2, 0) is 35.4 Å². The van der Waals surface area contributed by atoms with Gasteiger partial charge in [-0.1, -0.05) is 13.8 Å².